The molecule has 4 aromatic rings. The van der Waals surface area contributed by atoms with Crippen molar-refractivity contribution in [1.82, 2.24) is 14.7 Å². The van der Waals surface area contributed by atoms with E-state index in [0.717, 1.165) is 35.2 Å². The number of esters is 2. The number of carbonyl (C=O) groups is 3. The van der Waals surface area contributed by atoms with Crippen molar-refractivity contribution >= 4 is 40.8 Å². The van der Waals surface area contributed by atoms with Crippen molar-refractivity contribution in [3.8, 4) is 0 Å². The van der Waals surface area contributed by atoms with Crippen molar-refractivity contribution in [2.75, 3.05) is 12.4 Å². The largest absolute Gasteiger partial charge is 0.464 e. The highest BCUT2D eigenvalue weighted by Gasteiger charge is 2.28. The van der Waals surface area contributed by atoms with Crippen LogP contribution in [0.15, 0.2) is 54.7 Å². The molecule has 0 radical (unpaired) electrons. The number of fused-ring (bicyclic) bond motifs is 2. The summed E-state index contributed by atoms with van der Waals surface area (Å²) in [6.45, 7) is 7.92. The molecule has 2 N–H and O–H groups in total. The maximum atomic E-state index is 13.2. The standard InChI is InChI=1S/C32H33ClN4O5/c1-18-20-12-13-25(22(20)11-10-21(18)30(39)42-32(2,3)4)34-17-19-16-27(31(40)41-5)35-28-23(14-15-37(19)28)29(38)36-26-9-7-6-8-24(26)33/h6-11,14-16,25,34H,12-13,17H2,1-5H3,(H,36,38)/t25-/m0/s1. The van der Waals surface area contributed by atoms with Crippen LogP contribution in [-0.4, -0.2) is 39.9 Å². The van der Waals surface area contributed by atoms with Crippen LogP contribution in [0.2, 0.25) is 5.02 Å². The fraction of sp³-hybridized carbons (Fsp3) is 0.312. The lowest BCUT2D eigenvalue weighted by molar-refractivity contribution is 0.00683. The van der Waals surface area contributed by atoms with Crippen LogP contribution in [0.3, 0.4) is 0 Å². The number of benzene rings is 2. The molecule has 9 nitrogen and oxygen atoms in total. The molecule has 218 valence electrons. The zero-order valence-electron chi connectivity index (χ0n) is 24.2. The van der Waals surface area contributed by atoms with Gasteiger partial charge in [0.15, 0.2) is 11.3 Å². The molecular formula is C32H33ClN4O5. The van der Waals surface area contributed by atoms with Gasteiger partial charge in [-0.3, -0.25) is 4.79 Å². The maximum absolute atomic E-state index is 13.2. The molecule has 0 fully saturated rings. The third-order valence-electron chi connectivity index (χ3n) is 7.30. The van der Waals surface area contributed by atoms with Crippen molar-refractivity contribution in [3.05, 3.63) is 99.0 Å². The van der Waals surface area contributed by atoms with Crippen molar-refractivity contribution in [3.63, 3.8) is 0 Å². The lowest BCUT2D eigenvalue weighted by Gasteiger charge is -2.21. The zero-order valence-corrected chi connectivity index (χ0v) is 25.0. The normalized spacial score (nSPS) is 14.5. The number of aromatic nitrogens is 2. The van der Waals surface area contributed by atoms with Gasteiger partial charge in [0.25, 0.3) is 5.91 Å². The van der Waals surface area contributed by atoms with E-state index < -0.39 is 17.5 Å². The predicted molar refractivity (Wildman–Crippen MR) is 160 cm³/mol. The van der Waals surface area contributed by atoms with Crippen molar-refractivity contribution in [2.45, 2.75) is 58.7 Å². The van der Waals surface area contributed by atoms with Gasteiger partial charge in [0.1, 0.15) is 5.60 Å². The smallest absolute Gasteiger partial charge is 0.356 e. The molecule has 2 aromatic carbocycles. The molecule has 1 atom stereocenters. The first-order chi connectivity index (χ1) is 20.0. The average molecular weight is 589 g/mol. The van der Waals surface area contributed by atoms with E-state index in [9.17, 15) is 14.4 Å². The van der Waals surface area contributed by atoms with Gasteiger partial charge in [-0.25, -0.2) is 14.6 Å². The quantitative estimate of drug-likeness (QED) is 0.252. The molecule has 0 bridgehead atoms. The highest BCUT2D eigenvalue weighted by molar-refractivity contribution is 6.34. The van der Waals surface area contributed by atoms with E-state index in [1.165, 1.54) is 7.11 Å². The molecule has 0 saturated carbocycles. The Morgan fingerprint density at radius 2 is 1.83 bits per heavy atom. The SMILES string of the molecule is COC(=O)c1cc(CN[C@H]2CCc3c2ccc(C(=O)OC(C)(C)C)c3C)n2ccc(C(=O)Nc3ccccc3Cl)c2n1. The summed E-state index contributed by atoms with van der Waals surface area (Å²) < 4.78 is 12.3. The molecule has 10 heteroatoms. The molecule has 0 aliphatic heterocycles. The van der Waals surface area contributed by atoms with Crippen LogP contribution in [0.4, 0.5) is 5.69 Å². The molecule has 0 spiro atoms. The fourth-order valence-corrected chi connectivity index (χ4v) is 5.48. The van der Waals surface area contributed by atoms with Gasteiger partial charge in [-0.2, -0.15) is 0 Å². The Kier molecular flexibility index (Phi) is 8.08. The number of para-hydroxylation sites is 1. The van der Waals surface area contributed by atoms with Crippen LogP contribution in [0.1, 0.15) is 86.8 Å². The number of ether oxygens (including phenoxy) is 2. The number of halogens is 1. The third kappa shape index (κ3) is 5.89. The number of carbonyl (C=O) groups excluding carboxylic acids is 3. The lowest BCUT2D eigenvalue weighted by Crippen LogP contribution is -2.24. The molecule has 1 aliphatic rings. The van der Waals surface area contributed by atoms with Crippen molar-refractivity contribution < 1.29 is 23.9 Å². The van der Waals surface area contributed by atoms with Gasteiger partial charge in [-0.05, 0) is 87.6 Å². The van der Waals surface area contributed by atoms with Gasteiger partial charge in [-0.15, -0.1) is 0 Å². The van der Waals surface area contributed by atoms with E-state index in [0.29, 0.717) is 34.0 Å². The van der Waals surface area contributed by atoms with E-state index in [2.05, 4.69) is 15.6 Å². The molecule has 42 heavy (non-hydrogen) atoms. The highest BCUT2D eigenvalue weighted by Crippen LogP contribution is 2.35. The average Bonchev–Trinajstić information content (AvgIpc) is 3.56. The molecule has 0 saturated heterocycles. The topological polar surface area (TPSA) is 111 Å². The second-order valence-corrected chi connectivity index (χ2v) is 11.7. The van der Waals surface area contributed by atoms with Crippen LogP contribution in [-0.2, 0) is 22.4 Å². The monoisotopic (exact) mass is 588 g/mol. The van der Waals surface area contributed by atoms with E-state index in [-0.39, 0.29) is 17.7 Å². The minimum absolute atomic E-state index is 0.0368. The Balaban J connectivity index is 1.41. The van der Waals surface area contributed by atoms with E-state index in [4.69, 9.17) is 21.1 Å². The van der Waals surface area contributed by atoms with Crippen LogP contribution in [0.25, 0.3) is 5.65 Å². The predicted octanol–water partition coefficient (Wildman–Crippen LogP) is 6.07. The van der Waals surface area contributed by atoms with E-state index in [1.54, 1.807) is 47.0 Å². The van der Waals surface area contributed by atoms with Gasteiger partial charge in [0, 0.05) is 24.5 Å². The Morgan fingerprint density at radius 3 is 2.55 bits per heavy atom. The molecule has 1 aliphatic carbocycles. The van der Waals surface area contributed by atoms with Crippen LogP contribution in [0.5, 0.6) is 0 Å². The summed E-state index contributed by atoms with van der Waals surface area (Å²) in [6, 6.07) is 14.1. The molecule has 2 heterocycles. The van der Waals surface area contributed by atoms with E-state index >= 15 is 0 Å². The summed E-state index contributed by atoms with van der Waals surface area (Å²) in [5, 5.41) is 6.82. The highest BCUT2D eigenvalue weighted by atomic mass is 35.5. The number of nitrogens with zero attached hydrogens (tertiary/aromatic N) is 2. The summed E-state index contributed by atoms with van der Waals surface area (Å²) in [5.74, 6) is -1.33. The zero-order chi connectivity index (χ0) is 30.2. The number of hydrogen-bond donors (Lipinski definition) is 2. The minimum atomic E-state index is -0.603. The first-order valence-corrected chi connectivity index (χ1v) is 14.1. The fourth-order valence-electron chi connectivity index (χ4n) is 5.29. The first kappa shape index (κ1) is 29.3. The van der Waals surface area contributed by atoms with Gasteiger partial charge in [0.05, 0.1) is 28.9 Å². The number of methoxy groups -OCH3 is 1. The number of hydrogen-bond acceptors (Lipinski definition) is 7. The van der Waals surface area contributed by atoms with Gasteiger partial charge < -0.3 is 24.5 Å². The minimum Gasteiger partial charge on any atom is -0.464 e. The summed E-state index contributed by atoms with van der Waals surface area (Å²) in [6.07, 6.45) is 3.43. The molecular weight excluding hydrogens is 556 g/mol. The van der Waals surface area contributed by atoms with Crippen molar-refractivity contribution in [2.24, 2.45) is 0 Å². The van der Waals surface area contributed by atoms with Gasteiger partial charge in [-0.1, -0.05) is 29.8 Å². The molecule has 5 rings (SSSR count). The number of anilines is 1. The maximum Gasteiger partial charge on any atom is 0.356 e. The van der Waals surface area contributed by atoms with Crippen molar-refractivity contribution in [1.29, 1.82) is 0 Å². The Labute approximate surface area is 249 Å². The second-order valence-electron chi connectivity index (χ2n) is 11.3. The summed E-state index contributed by atoms with van der Waals surface area (Å²) in [5.41, 5.74) is 5.13. The molecule has 2 aromatic heterocycles. The lowest BCUT2D eigenvalue weighted by atomic mass is 9.97. The molecule has 0 unspecified atom stereocenters. The van der Waals surface area contributed by atoms with Crippen LogP contribution in [0, 0.1) is 6.92 Å². The van der Waals surface area contributed by atoms with Crippen LogP contribution < -0.4 is 10.6 Å². The number of amides is 1. The molecule has 1 amide bonds. The summed E-state index contributed by atoms with van der Waals surface area (Å²) in [7, 11) is 1.29. The van der Waals surface area contributed by atoms with Crippen LogP contribution >= 0.6 is 11.6 Å². The second kappa shape index (κ2) is 11.6. The number of nitrogens with one attached hydrogen (secondary N) is 2. The Hall–Kier alpha value is -4.21. The Morgan fingerprint density at radius 1 is 1.07 bits per heavy atom. The number of rotatable bonds is 7. The van der Waals surface area contributed by atoms with E-state index in [1.807, 2.05) is 39.8 Å². The summed E-state index contributed by atoms with van der Waals surface area (Å²) >= 11 is 6.23. The summed E-state index contributed by atoms with van der Waals surface area (Å²) in [4.78, 5) is 42.9. The third-order valence-corrected chi connectivity index (χ3v) is 7.63. The Bertz CT molecular complexity index is 1710. The van der Waals surface area contributed by atoms with Gasteiger partial charge >= 0.3 is 11.9 Å². The first-order valence-electron chi connectivity index (χ1n) is 13.7. The van der Waals surface area contributed by atoms with Gasteiger partial charge in [0.2, 0.25) is 0 Å².